The summed E-state index contributed by atoms with van der Waals surface area (Å²) in [5.41, 5.74) is 0.979. The van der Waals surface area contributed by atoms with Crippen LogP contribution < -0.4 is 0 Å². The Hall–Kier alpha value is -1.25. The molecule has 0 aliphatic heterocycles. The number of hydrogen-bond donors (Lipinski definition) is 0. The Morgan fingerprint density at radius 3 is 1.87 bits per heavy atom. The number of rotatable bonds is 11. The summed E-state index contributed by atoms with van der Waals surface area (Å²) in [7, 11) is 0. The van der Waals surface area contributed by atoms with Crippen LogP contribution in [0.15, 0.2) is 30.6 Å². The Kier molecular flexibility index (Phi) is 10.5. The summed E-state index contributed by atoms with van der Waals surface area (Å²) >= 11 is 0. The minimum atomic E-state index is -0.741. The van der Waals surface area contributed by atoms with Crippen LogP contribution in [0.2, 0.25) is 0 Å². The highest BCUT2D eigenvalue weighted by molar-refractivity contribution is 5.22. The summed E-state index contributed by atoms with van der Waals surface area (Å²) in [5.74, 6) is 1.64. The fourth-order valence-electron chi connectivity index (χ4n) is 5.94. The van der Waals surface area contributed by atoms with E-state index in [-0.39, 0.29) is 0 Å². The Morgan fingerprint density at radius 1 is 0.677 bits per heavy atom. The molecule has 2 aliphatic rings. The van der Waals surface area contributed by atoms with E-state index in [0.29, 0.717) is 12.2 Å². The molecular weight excluding hydrogens is 393 g/mol. The van der Waals surface area contributed by atoms with Crippen LogP contribution in [0.4, 0.5) is 13.2 Å². The molecule has 3 heteroatoms. The molecule has 2 fully saturated rings. The van der Waals surface area contributed by atoms with E-state index < -0.39 is 11.6 Å². The number of benzene rings is 1. The molecule has 0 N–H and O–H groups in total. The second kappa shape index (κ2) is 13.3. The van der Waals surface area contributed by atoms with Gasteiger partial charge in [0.05, 0.1) is 6.33 Å². The molecule has 0 nitrogen and oxygen atoms in total. The normalized spacial score (nSPS) is 27.1. The molecule has 0 spiro atoms. The average molecular weight is 435 g/mol. The zero-order valence-corrected chi connectivity index (χ0v) is 19.1. The van der Waals surface area contributed by atoms with Crippen molar-refractivity contribution in [3.63, 3.8) is 0 Å². The lowest BCUT2D eigenvalue weighted by Crippen LogP contribution is -2.18. The van der Waals surface area contributed by atoms with Gasteiger partial charge in [0.1, 0.15) is 0 Å². The first-order valence-corrected chi connectivity index (χ1v) is 12.9. The molecule has 0 aromatic heterocycles. The van der Waals surface area contributed by atoms with Gasteiger partial charge >= 0.3 is 0 Å². The van der Waals surface area contributed by atoms with E-state index in [2.05, 4.69) is 0 Å². The number of allylic oxidation sites excluding steroid dienone is 1. The van der Waals surface area contributed by atoms with Crippen LogP contribution in [0.25, 0.3) is 0 Å². The molecule has 0 amide bonds. The molecule has 31 heavy (non-hydrogen) atoms. The Bertz CT molecular complexity index is 652. The van der Waals surface area contributed by atoms with Crippen LogP contribution in [0, 0.1) is 29.4 Å². The van der Waals surface area contributed by atoms with Crippen molar-refractivity contribution in [2.24, 2.45) is 17.8 Å². The van der Waals surface area contributed by atoms with Crippen molar-refractivity contribution in [3.05, 3.63) is 47.8 Å². The summed E-state index contributed by atoms with van der Waals surface area (Å²) in [6.45, 7) is 0. The summed E-state index contributed by atoms with van der Waals surface area (Å²) in [6, 6.07) is 4.45. The van der Waals surface area contributed by atoms with E-state index in [9.17, 15) is 13.2 Å². The lowest BCUT2D eigenvalue weighted by Gasteiger charge is -2.32. The number of halogens is 3. The Balaban J connectivity index is 1.24. The van der Waals surface area contributed by atoms with E-state index in [1.54, 1.807) is 12.1 Å². The molecule has 1 aromatic rings. The average Bonchev–Trinajstić information content (AvgIpc) is 2.80. The van der Waals surface area contributed by atoms with Crippen LogP contribution in [0.3, 0.4) is 0 Å². The van der Waals surface area contributed by atoms with Gasteiger partial charge < -0.3 is 0 Å². The third-order valence-electron chi connectivity index (χ3n) is 8.03. The zero-order chi connectivity index (χ0) is 21.9. The van der Waals surface area contributed by atoms with E-state index in [4.69, 9.17) is 0 Å². The van der Waals surface area contributed by atoms with Gasteiger partial charge in [-0.3, -0.25) is 0 Å². The van der Waals surface area contributed by atoms with Crippen LogP contribution in [-0.2, 0) is 0 Å². The molecule has 0 bridgehead atoms. The fraction of sp³-hybridized carbons (Fsp3) is 0.714. The highest BCUT2D eigenvalue weighted by Gasteiger charge is 2.25. The number of unbranched alkanes of at least 4 members (excludes halogenated alkanes) is 4. The van der Waals surface area contributed by atoms with Gasteiger partial charge in [0.25, 0.3) is 0 Å². The quantitative estimate of drug-likeness (QED) is 0.304. The largest absolute Gasteiger partial charge is 0.216 e. The minimum absolute atomic E-state index is 0.405. The van der Waals surface area contributed by atoms with Gasteiger partial charge in [0.2, 0.25) is 0 Å². The molecule has 0 heterocycles. The smallest absolute Gasteiger partial charge is 0.159 e. The van der Waals surface area contributed by atoms with E-state index in [1.807, 2.05) is 0 Å². The van der Waals surface area contributed by atoms with E-state index >= 15 is 0 Å². The van der Waals surface area contributed by atoms with E-state index in [1.165, 1.54) is 89.2 Å². The van der Waals surface area contributed by atoms with Crippen LogP contribution in [-0.4, -0.2) is 0 Å². The molecule has 2 aliphatic carbocycles. The lowest BCUT2D eigenvalue weighted by atomic mass is 9.74. The second-order valence-corrected chi connectivity index (χ2v) is 10.2. The van der Waals surface area contributed by atoms with Crippen molar-refractivity contribution in [3.8, 4) is 0 Å². The van der Waals surface area contributed by atoms with Crippen molar-refractivity contribution in [2.75, 3.05) is 0 Å². The summed E-state index contributed by atoms with van der Waals surface area (Å²) < 4.78 is 38.6. The first-order valence-electron chi connectivity index (χ1n) is 12.9. The molecule has 0 atom stereocenters. The Morgan fingerprint density at radius 2 is 1.26 bits per heavy atom. The second-order valence-electron chi connectivity index (χ2n) is 10.2. The summed E-state index contributed by atoms with van der Waals surface area (Å²) in [5, 5.41) is 0. The van der Waals surface area contributed by atoms with Crippen molar-refractivity contribution in [1.82, 2.24) is 0 Å². The topological polar surface area (TPSA) is 0 Å². The molecule has 0 saturated heterocycles. The first kappa shape index (κ1) is 24.4. The summed E-state index contributed by atoms with van der Waals surface area (Å²) in [6.07, 6.45) is 22.7. The fourth-order valence-corrected chi connectivity index (χ4v) is 5.94. The van der Waals surface area contributed by atoms with Gasteiger partial charge in [-0.25, -0.2) is 13.2 Å². The van der Waals surface area contributed by atoms with Gasteiger partial charge in [-0.1, -0.05) is 76.4 Å². The molecule has 0 unspecified atom stereocenters. The lowest BCUT2D eigenvalue weighted by molar-refractivity contribution is 0.222. The maximum Gasteiger partial charge on any atom is 0.159 e. The predicted molar refractivity (Wildman–Crippen MR) is 124 cm³/mol. The highest BCUT2D eigenvalue weighted by Crippen LogP contribution is 2.40. The van der Waals surface area contributed by atoms with Gasteiger partial charge in [-0.15, -0.1) is 0 Å². The van der Waals surface area contributed by atoms with Crippen LogP contribution in [0.5, 0.6) is 0 Å². The molecule has 1 aromatic carbocycles. The minimum Gasteiger partial charge on any atom is -0.216 e. The van der Waals surface area contributed by atoms with Crippen molar-refractivity contribution < 1.29 is 13.2 Å². The van der Waals surface area contributed by atoms with Gasteiger partial charge in [-0.05, 0) is 79.9 Å². The maximum absolute atomic E-state index is 13.5. The third-order valence-corrected chi connectivity index (χ3v) is 8.03. The van der Waals surface area contributed by atoms with Crippen molar-refractivity contribution in [2.45, 2.75) is 109 Å². The third kappa shape index (κ3) is 8.31. The van der Waals surface area contributed by atoms with Gasteiger partial charge in [0.15, 0.2) is 11.6 Å². The molecule has 3 rings (SSSR count). The molecular formula is C28H41F3. The standard InChI is InChI=1S/C28H41F3/c29-20-6-4-2-1-3-5-7-22-8-10-23(11-9-22)12-13-24-14-16-25(17-15-24)26-18-19-27(30)28(31)21-26/h6,18-25H,1-5,7-17H2/b20-6+. The molecule has 0 radical (unpaired) electrons. The van der Waals surface area contributed by atoms with E-state index in [0.717, 1.165) is 49.0 Å². The first-order chi connectivity index (χ1) is 15.2. The van der Waals surface area contributed by atoms with Crippen molar-refractivity contribution >= 4 is 0 Å². The number of hydrogen-bond acceptors (Lipinski definition) is 0. The monoisotopic (exact) mass is 434 g/mol. The van der Waals surface area contributed by atoms with Gasteiger partial charge in [0, 0.05) is 0 Å². The zero-order valence-electron chi connectivity index (χ0n) is 19.1. The Labute approximate surface area is 187 Å². The van der Waals surface area contributed by atoms with Gasteiger partial charge in [-0.2, -0.15) is 0 Å². The predicted octanol–water partition coefficient (Wildman–Crippen LogP) is 9.65. The molecule has 2 saturated carbocycles. The highest BCUT2D eigenvalue weighted by atomic mass is 19.2. The van der Waals surface area contributed by atoms with Crippen molar-refractivity contribution in [1.29, 1.82) is 0 Å². The van der Waals surface area contributed by atoms with Crippen LogP contribution >= 0.6 is 0 Å². The maximum atomic E-state index is 13.5. The molecule has 174 valence electrons. The summed E-state index contributed by atoms with van der Waals surface area (Å²) in [4.78, 5) is 0. The van der Waals surface area contributed by atoms with Crippen LogP contribution in [0.1, 0.15) is 114 Å². The SMILES string of the molecule is F/C=C/CCCCCCC1CCC(CCC2CCC(c3ccc(F)c(F)c3)CC2)CC1.